The summed E-state index contributed by atoms with van der Waals surface area (Å²) < 4.78 is 39.2. The smallest absolute Gasteiger partial charge is 0.415 e. The van der Waals surface area contributed by atoms with Crippen LogP contribution >= 0.6 is 0 Å². The van der Waals surface area contributed by atoms with Gasteiger partial charge >= 0.3 is 6.09 Å². The van der Waals surface area contributed by atoms with Crippen molar-refractivity contribution in [3.8, 4) is 5.75 Å². The highest BCUT2D eigenvalue weighted by molar-refractivity contribution is 7.89. The topological polar surface area (TPSA) is 143 Å². The van der Waals surface area contributed by atoms with Crippen molar-refractivity contribution in [2.45, 2.75) is 56.8 Å². The number of nitrogens with zero attached hydrogens (tertiary/aromatic N) is 2. The maximum Gasteiger partial charge on any atom is 0.415 e. The van der Waals surface area contributed by atoms with Gasteiger partial charge < -0.3 is 19.9 Å². The first kappa shape index (κ1) is 34.6. The number of ether oxygens (including phenoxy) is 2. The number of anilines is 1. The monoisotopic (exact) mass is 651 g/mol. The van der Waals surface area contributed by atoms with Crippen LogP contribution in [0.3, 0.4) is 0 Å². The molecule has 2 N–H and O–H groups in total. The summed E-state index contributed by atoms with van der Waals surface area (Å²) in [5, 5.41) is 14.4. The first-order valence-corrected chi connectivity index (χ1v) is 16.6. The van der Waals surface area contributed by atoms with Crippen LogP contribution in [0, 0.1) is 5.92 Å². The quantitative estimate of drug-likeness (QED) is 0.235. The summed E-state index contributed by atoms with van der Waals surface area (Å²) in [4.78, 5) is 39.4. The highest BCUT2D eigenvalue weighted by Crippen LogP contribution is 2.25. The lowest BCUT2D eigenvalue weighted by molar-refractivity contribution is -0.129. The van der Waals surface area contributed by atoms with Gasteiger partial charge in [-0.2, -0.15) is 4.31 Å². The van der Waals surface area contributed by atoms with Crippen molar-refractivity contribution in [1.29, 1.82) is 0 Å². The fourth-order valence-electron chi connectivity index (χ4n) is 5.22. The van der Waals surface area contributed by atoms with Crippen molar-refractivity contribution in [3.63, 3.8) is 0 Å². The van der Waals surface area contributed by atoms with Gasteiger partial charge in [-0.15, -0.1) is 0 Å². The fraction of sp³-hybridized carbons (Fsp3) is 0.382. The summed E-state index contributed by atoms with van der Waals surface area (Å²) in [6.07, 6.45) is -2.43. The van der Waals surface area contributed by atoms with E-state index in [1.807, 2.05) is 44.2 Å². The molecule has 3 aromatic rings. The summed E-state index contributed by atoms with van der Waals surface area (Å²) >= 11 is 0. The van der Waals surface area contributed by atoms with Gasteiger partial charge in [0, 0.05) is 24.3 Å². The molecule has 0 unspecified atom stereocenters. The molecule has 0 saturated carbocycles. The number of aliphatic hydroxyl groups is 1. The Kier molecular flexibility index (Phi) is 11.5. The van der Waals surface area contributed by atoms with Crippen LogP contribution in [0.4, 0.5) is 10.5 Å². The number of aliphatic hydroxyl groups excluding tert-OH is 1. The Balaban J connectivity index is 1.54. The van der Waals surface area contributed by atoms with E-state index in [1.54, 1.807) is 36.4 Å². The molecule has 12 heteroatoms. The molecule has 3 atom stereocenters. The van der Waals surface area contributed by atoms with E-state index in [0.717, 1.165) is 5.56 Å². The van der Waals surface area contributed by atoms with E-state index in [2.05, 4.69) is 5.32 Å². The first-order chi connectivity index (χ1) is 21.9. The number of carbonyl (C=O) groups excluding carboxylic acids is 3. The van der Waals surface area contributed by atoms with Crippen LogP contribution in [0.15, 0.2) is 83.8 Å². The molecule has 4 rings (SSSR count). The lowest BCUT2D eigenvalue weighted by atomic mass is 10.0. The number of carbonyl (C=O) groups is 3. The van der Waals surface area contributed by atoms with Crippen molar-refractivity contribution < 1.29 is 37.4 Å². The number of benzene rings is 3. The fourth-order valence-corrected chi connectivity index (χ4v) is 6.84. The van der Waals surface area contributed by atoms with Crippen LogP contribution in [0.5, 0.6) is 5.75 Å². The number of rotatable bonds is 15. The SMILES string of the molecule is COc1ccc(S(=O)(=O)N(CC(C)C)C[C@@H](O)[C@H](CCc2ccccc2)NC(=O)[C@@H]2CN(c3cccc(C(C)=O)c3)C(=O)O2)cc1. The molecule has 1 fully saturated rings. The molecule has 0 aliphatic carbocycles. The lowest BCUT2D eigenvalue weighted by Crippen LogP contribution is -2.52. The molecule has 1 saturated heterocycles. The summed E-state index contributed by atoms with van der Waals surface area (Å²) in [6, 6.07) is 21.1. The summed E-state index contributed by atoms with van der Waals surface area (Å²) in [5.74, 6) is -0.331. The van der Waals surface area contributed by atoms with E-state index in [4.69, 9.17) is 9.47 Å². The zero-order valence-electron chi connectivity index (χ0n) is 26.5. The van der Waals surface area contributed by atoms with Crippen molar-refractivity contribution in [3.05, 3.63) is 90.0 Å². The third-order valence-electron chi connectivity index (χ3n) is 7.70. The molecule has 3 aromatic carbocycles. The predicted molar refractivity (Wildman–Crippen MR) is 173 cm³/mol. The molecule has 1 aliphatic heterocycles. The van der Waals surface area contributed by atoms with Crippen LogP contribution in [0.25, 0.3) is 0 Å². The zero-order valence-corrected chi connectivity index (χ0v) is 27.3. The summed E-state index contributed by atoms with van der Waals surface area (Å²) in [6.45, 7) is 4.94. The number of cyclic esters (lactones) is 1. The maximum absolute atomic E-state index is 13.7. The Hall–Kier alpha value is -4.26. The Labute approximate surface area is 270 Å². The van der Waals surface area contributed by atoms with Gasteiger partial charge in [-0.3, -0.25) is 14.5 Å². The lowest BCUT2D eigenvalue weighted by Gasteiger charge is -2.31. The van der Waals surface area contributed by atoms with Gasteiger partial charge in [-0.1, -0.05) is 56.3 Å². The van der Waals surface area contributed by atoms with E-state index in [1.165, 1.54) is 35.4 Å². The van der Waals surface area contributed by atoms with Crippen LogP contribution in [-0.2, 0) is 26.0 Å². The van der Waals surface area contributed by atoms with Crippen molar-refractivity contribution in [2.24, 2.45) is 5.92 Å². The minimum absolute atomic E-state index is 0.0528. The van der Waals surface area contributed by atoms with Crippen LogP contribution in [-0.4, -0.2) is 80.6 Å². The number of methoxy groups -OCH3 is 1. The number of ketones is 1. The van der Waals surface area contributed by atoms with Gasteiger partial charge in [-0.05, 0) is 67.6 Å². The Bertz CT molecular complexity index is 1610. The number of nitrogens with one attached hydrogen (secondary N) is 1. The van der Waals surface area contributed by atoms with Gasteiger partial charge in [0.05, 0.1) is 30.7 Å². The van der Waals surface area contributed by atoms with Crippen LogP contribution in [0.1, 0.15) is 43.1 Å². The van der Waals surface area contributed by atoms with E-state index >= 15 is 0 Å². The highest BCUT2D eigenvalue weighted by Gasteiger charge is 2.39. The number of Topliss-reactive ketones (excluding diaryl/α,β-unsaturated/α-hetero) is 1. The number of hydrogen-bond donors (Lipinski definition) is 2. The van der Waals surface area contributed by atoms with Gasteiger partial charge in [0.1, 0.15) is 5.75 Å². The average molecular weight is 652 g/mol. The largest absolute Gasteiger partial charge is 0.497 e. The number of amides is 2. The molecule has 0 spiro atoms. The third-order valence-corrected chi connectivity index (χ3v) is 9.55. The maximum atomic E-state index is 13.7. The second-order valence-electron chi connectivity index (χ2n) is 11.7. The standard InChI is InChI=1S/C34H41N3O8S/c1-23(2)20-36(46(42,43)29-16-14-28(44-4)15-17-29)21-31(39)30(18-13-25-9-6-5-7-10-25)35-33(40)32-22-37(34(41)45-32)27-12-8-11-26(19-27)24(3)38/h5-12,14-17,19,23,30-32,39H,13,18,20-22H2,1-4H3,(H,35,40)/t30-,31+,32-/m0/s1. The van der Waals surface area contributed by atoms with E-state index in [9.17, 15) is 27.9 Å². The van der Waals surface area contributed by atoms with Crippen LogP contribution in [0.2, 0.25) is 0 Å². The molecule has 246 valence electrons. The number of hydrogen-bond acceptors (Lipinski definition) is 8. The minimum Gasteiger partial charge on any atom is -0.497 e. The summed E-state index contributed by atoms with van der Waals surface area (Å²) in [5.41, 5.74) is 1.81. The average Bonchev–Trinajstić information content (AvgIpc) is 3.44. The number of aryl methyl sites for hydroxylation is 1. The first-order valence-electron chi connectivity index (χ1n) is 15.1. The molecule has 11 nitrogen and oxygen atoms in total. The molecule has 46 heavy (non-hydrogen) atoms. The molecular formula is C34H41N3O8S. The Morgan fingerprint density at radius 2 is 1.74 bits per heavy atom. The molecule has 1 aliphatic rings. The Morgan fingerprint density at radius 1 is 1.04 bits per heavy atom. The van der Waals surface area contributed by atoms with Crippen LogP contribution < -0.4 is 15.0 Å². The van der Waals surface area contributed by atoms with Crippen molar-refractivity contribution in [2.75, 3.05) is 31.6 Å². The second kappa shape index (κ2) is 15.4. The molecule has 0 bridgehead atoms. The van der Waals surface area contributed by atoms with E-state index < -0.39 is 40.3 Å². The third kappa shape index (κ3) is 8.71. The molecular weight excluding hydrogens is 610 g/mol. The normalized spacial score (nSPS) is 16.3. The van der Waals surface area contributed by atoms with E-state index in [0.29, 0.717) is 29.8 Å². The molecule has 0 aromatic heterocycles. The van der Waals surface area contributed by atoms with Crippen molar-refractivity contribution in [1.82, 2.24) is 9.62 Å². The van der Waals surface area contributed by atoms with Gasteiger partial charge in [0.25, 0.3) is 5.91 Å². The van der Waals surface area contributed by atoms with Gasteiger partial charge in [0.2, 0.25) is 10.0 Å². The predicted octanol–water partition coefficient (Wildman–Crippen LogP) is 4.05. The molecule has 0 radical (unpaired) electrons. The molecule has 2 amide bonds. The van der Waals surface area contributed by atoms with E-state index in [-0.39, 0.29) is 36.2 Å². The molecule has 1 heterocycles. The second-order valence-corrected chi connectivity index (χ2v) is 13.6. The highest BCUT2D eigenvalue weighted by atomic mass is 32.2. The minimum atomic E-state index is -4.01. The number of sulfonamides is 1. The van der Waals surface area contributed by atoms with Gasteiger partial charge in [0.15, 0.2) is 11.9 Å². The zero-order chi connectivity index (χ0) is 33.4. The van der Waals surface area contributed by atoms with Gasteiger partial charge in [-0.25, -0.2) is 13.2 Å². The summed E-state index contributed by atoms with van der Waals surface area (Å²) in [7, 11) is -2.52. The van der Waals surface area contributed by atoms with Crippen molar-refractivity contribution >= 4 is 33.5 Å². The Morgan fingerprint density at radius 3 is 2.37 bits per heavy atom.